The van der Waals surface area contributed by atoms with Crippen LogP contribution in [0.25, 0.3) is 0 Å². The van der Waals surface area contributed by atoms with Crippen molar-refractivity contribution in [1.29, 1.82) is 0 Å². The monoisotopic (exact) mass is 353 g/mol. The zero-order chi connectivity index (χ0) is 18.6. The Labute approximate surface area is 155 Å². The van der Waals surface area contributed by atoms with Gasteiger partial charge in [0.15, 0.2) is 5.96 Å². The van der Waals surface area contributed by atoms with Crippen molar-refractivity contribution in [3.63, 3.8) is 0 Å². The highest BCUT2D eigenvalue weighted by molar-refractivity contribution is 5.94. The van der Waals surface area contributed by atoms with Gasteiger partial charge < -0.3 is 16.0 Å². The molecule has 1 aromatic carbocycles. The molecule has 0 atom stereocenters. The molecule has 0 spiro atoms. The van der Waals surface area contributed by atoms with Crippen LogP contribution >= 0.6 is 0 Å². The SMILES string of the molecule is CCCCNC(=NCc1ccc(C)cc1)NCC(=O)Nc1cccnc1. The molecule has 0 aliphatic heterocycles. The van der Waals surface area contributed by atoms with E-state index in [1.807, 2.05) is 0 Å². The van der Waals surface area contributed by atoms with E-state index in [1.54, 1.807) is 24.5 Å². The van der Waals surface area contributed by atoms with Gasteiger partial charge in [-0.25, -0.2) is 4.99 Å². The predicted molar refractivity (Wildman–Crippen MR) is 106 cm³/mol. The lowest BCUT2D eigenvalue weighted by atomic mass is 10.1. The van der Waals surface area contributed by atoms with Crippen LogP contribution in [0.5, 0.6) is 0 Å². The Morgan fingerprint density at radius 1 is 1.15 bits per heavy atom. The van der Waals surface area contributed by atoms with Crippen LogP contribution in [0.2, 0.25) is 0 Å². The third-order valence-electron chi connectivity index (χ3n) is 3.72. The molecule has 138 valence electrons. The molecule has 1 heterocycles. The number of rotatable bonds is 8. The van der Waals surface area contributed by atoms with E-state index in [2.05, 4.69) is 64.0 Å². The number of hydrogen-bond donors (Lipinski definition) is 3. The van der Waals surface area contributed by atoms with Gasteiger partial charge in [-0.1, -0.05) is 43.2 Å². The van der Waals surface area contributed by atoms with E-state index >= 15 is 0 Å². The van der Waals surface area contributed by atoms with Crippen molar-refractivity contribution in [3.05, 3.63) is 59.9 Å². The number of carbonyl (C=O) groups is 1. The van der Waals surface area contributed by atoms with Crippen LogP contribution in [-0.2, 0) is 11.3 Å². The van der Waals surface area contributed by atoms with E-state index in [1.165, 1.54) is 5.56 Å². The number of guanidine groups is 1. The summed E-state index contributed by atoms with van der Waals surface area (Å²) in [6.07, 6.45) is 5.43. The molecule has 1 amide bonds. The molecule has 2 rings (SSSR count). The average Bonchev–Trinajstić information content (AvgIpc) is 2.66. The molecule has 0 aliphatic rings. The number of carbonyl (C=O) groups excluding carboxylic acids is 1. The molecule has 0 fully saturated rings. The maximum absolute atomic E-state index is 12.1. The Balaban J connectivity index is 1.89. The van der Waals surface area contributed by atoms with E-state index in [0.29, 0.717) is 18.2 Å². The van der Waals surface area contributed by atoms with Gasteiger partial charge in [-0.05, 0) is 31.0 Å². The minimum atomic E-state index is -0.140. The summed E-state index contributed by atoms with van der Waals surface area (Å²) in [6, 6.07) is 11.9. The lowest BCUT2D eigenvalue weighted by Gasteiger charge is -2.12. The number of amides is 1. The first-order chi connectivity index (χ1) is 12.7. The number of aromatic nitrogens is 1. The van der Waals surface area contributed by atoms with Crippen molar-refractivity contribution in [2.24, 2.45) is 4.99 Å². The zero-order valence-electron chi connectivity index (χ0n) is 15.5. The van der Waals surface area contributed by atoms with Gasteiger partial charge in [-0.3, -0.25) is 9.78 Å². The van der Waals surface area contributed by atoms with Gasteiger partial charge in [0.2, 0.25) is 5.91 Å². The number of pyridine rings is 1. The minimum absolute atomic E-state index is 0.140. The molecule has 0 saturated heterocycles. The summed E-state index contributed by atoms with van der Waals surface area (Å²) < 4.78 is 0. The Bertz CT molecular complexity index is 698. The summed E-state index contributed by atoms with van der Waals surface area (Å²) in [5.74, 6) is 0.499. The third-order valence-corrected chi connectivity index (χ3v) is 3.72. The maximum atomic E-state index is 12.1. The van der Waals surface area contributed by atoms with Crippen molar-refractivity contribution in [1.82, 2.24) is 15.6 Å². The van der Waals surface area contributed by atoms with E-state index in [4.69, 9.17) is 0 Å². The molecule has 6 nitrogen and oxygen atoms in total. The van der Waals surface area contributed by atoms with Gasteiger partial charge in [0.05, 0.1) is 25.0 Å². The molecule has 6 heteroatoms. The van der Waals surface area contributed by atoms with Gasteiger partial charge in [-0.15, -0.1) is 0 Å². The second kappa shape index (κ2) is 10.9. The smallest absolute Gasteiger partial charge is 0.243 e. The van der Waals surface area contributed by atoms with Crippen molar-refractivity contribution in [2.45, 2.75) is 33.2 Å². The quantitative estimate of drug-likeness (QED) is 0.387. The highest BCUT2D eigenvalue weighted by atomic mass is 16.1. The van der Waals surface area contributed by atoms with Gasteiger partial charge in [-0.2, -0.15) is 0 Å². The Kier molecular flexibility index (Phi) is 8.12. The molecule has 3 N–H and O–H groups in total. The van der Waals surface area contributed by atoms with Crippen molar-refractivity contribution in [3.8, 4) is 0 Å². The molecular formula is C20H27N5O. The second-order valence-corrected chi connectivity index (χ2v) is 6.07. The van der Waals surface area contributed by atoms with Crippen LogP contribution in [0.15, 0.2) is 53.8 Å². The third kappa shape index (κ3) is 7.34. The summed E-state index contributed by atoms with van der Waals surface area (Å²) in [6.45, 7) is 5.72. The van der Waals surface area contributed by atoms with E-state index in [0.717, 1.165) is 24.9 Å². The number of aliphatic imine (C=N–C) groups is 1. The predicted octanol–water partition coefficient (Wildman–Crippen LogP) is 2.86. The van der Waals surface area contributed by atoms with Gasteiger partial charge in [0.1, 0.15) is 0 Å². The van der Waals surface area contributed by atoms with E-state index in [9.17, 15) is 4.79 Å². The summed E-state index contributed by atoms with van der Waals surface area (Å²) in [5.41, 5.74) is 3.03. The first kappa shape index (κ1) is 19.4. The first-order valence-corrected chi connectivity index (χ1v) is 8.95. The summed E-state index contributed by atoms with van der Waals surface area (Å²) >= 11 is 0. The minimum Gasteiger partial charge on any atom is -0.356 e. The number of unbranched alkanes of at least 4 members (excludes halogenated alkanes) is 1. The van der Waals surface area contributed by atoms with Crippen molar-refractivity contribution >= 4 is 17.6 Å². The lowest BCUT2D eigenvalue weighted by molar-refractivity contribution is -0.115. The van der Waals surface area contributed by atoms with Crippen LogP contribution in [0, 0.1) is 6.92 Å². The van der Waals surface area contributed by atoms with Crippen LogP contribution in [0.4, 0.5) is 5.69 Å². The highest BCUT2D eigenvalue weighted by Gasteiger charge is 2.05. The molecule has 1 aromatic heterocycles. The molecule has 26 heavy (non-hydrogen) atoms. The summed E-state index contributed by atoms with van der Waals surface area (Å²) in [5, 5.41) is 9.15. The molecule has 0 saturated carbocycles. The number of aryl methyl sites for hydroxylation is 1. The summed E-state index contributed by atoms with van der Waals surface area (Å²) in [4.78, 5) is 20.6. The largest absolute Gasteiger partial charge is 0.356 e. The molecule has 0 bridgehead atoms. The average molecular weight is 353 g/mol. The Morgan fingerprint density at radius 2 is 1.96 bits per heavy atom. The molecule has 0 unspecified atom stereocenters. The first-order valence-electron chi connectivity index (χ1n) is 8.95. The van der Waals surface area contributed by atoms with Crippen LogP contribution in [0.3, 0.4) is 0 Å². The highest BCUT2D eigenvalue weighted by Crippen LogP contribution is 2.04. The maximum Gasteiger partial charge on any atom is 0.243 e. The summed E-state index contributed by atoms with van der Waals surface area (Å²) in [7, 11) is 0. The van der Waals surface area contributed by atoms with E-state index < -0.39 is 0 Å². The van der Waals surface area contributed by atoms with Crippen molar-refractivity contribution in [2.75, 3.05) is 18.4 Å². The number of hydrogen-bond acceptors (Lipinski definition) is 3. The molecule has 0 aliphatic carbocycles. The number of nitrogens with zero attached hydrogens (tertiary/aromatic N) is 2. The van der Waals surface area contributed by atoms with Crippen molar-refractivity contribution < 1.29 is 4.79 Å². The fourth-order valence-electron chi connectivity index (χ4n) is 2.23. The molecule has 0 radical (unpaired) electrons. The number of anilines is 1. The standard InChI is InChI=1S/C20H27N5O/c1-3-4-12-22-20(23-13-17-9-7-16(2)8-10-17)24-15-19(26)25-18-6-5-11-21-14-18/h5-11,14H,3-4,12-13,15H2,1-2H3,(H,25,26)(H2,22,23,24). The molecular weight excluding hydrogens is 326 g/mol. The fraction of sp³-hybridized carbons (Fsp3) is 0.350. The number of nitrogens with one attached hydrogen (secondary N) is 3. The van der Waals surface area contributed by atoms with Gasteiger partial charge in [0.25, 0.3) is 0 Å². The zero-order valence-corrected chi connectivity index (χ0v) is 15.5. The fourth-order valence-corrected chi connectivity index (χ4v) is 2.23. The van der Waals surface area contributed by atoms with E-state index in [-0.39, 0.29) is 12.5 Å². The topological polar surface area (TPSA) is 78.4 Å². The van der Waals surface area contributed by atoms with Crippen LogP contribution in [0.1, 0.15) is 30.9 Å². The normalized spacial score (nSPS) is 11.1. The van der Waals surface area contributed by atoms with Gasteiger partial charge >= 0.3 is 0 Å². The number of benzene rings is 1. The van der Waals surface area contributed by atoms with Gasteiger partial charge in [0, 0.05) is 12.7 Å². The van der Waals surface area contributed by atoms with Crippen LogP contribution < -0.4 is 16.0 Å². The van der Waals surface area contributed by atoms with Crippen LogP contribution in [-0.4, -0.2) is 29.9 Å². The lowest BCUT2D eigenvalue weighted by Crippen LogP contribution is -2.41. The second-order valence-electron chi connectivity index (χ2n) is 6.07. The Morgan fingerprint density at radius 3 is 2.65 bits per heavy atom. The molecule has 2 aromatic rings. The Hall–Kier alpha value is -2.89.